The molecule has 3 nitrogen and oxygen atoms in total. The molecule has 1 unspecified atom stereocenters. The number of aryl methyl sites for hydroxylation is 2. The molecule has 2 N–H and O–H groups in total. The molecular formula is C16H21Br2N3. The SMILES string of the molecule is CCc1nn(CC)c(CC(CN)c2ccc(Br)cc2)c1Br. The van der Waals surface area contributed by atoms with E-state index in [1.165, 1.54) is 11.3 Å². The van der Waals surface area contributed by atoms with Crippen LogP contribution in [0.25, 0.3) is 0 Å². The van der Waals surface area contributed by atoms with Crippen molar-refractivity contribution >= 4 is 31.9 Å². The van der Waals surface area contributed by atoms with Crippen LogP contribution in [0.15, 0.2) is 33.2 Å². The van der Waals surface area contributed by atoms with Gasteiger partial charge in [-0.15, -0.1) is 0 Å². The van der Waals surface area contributed by atoms with Crippen LogP contribution in [0.3, 0.4) is 0 Å². The molecule has 1 aromatic carbocycles. The minimum Gasteiger partial charge on any atom is -0.330 e. The Labute approximate surface area is 143 Å². The van der Waals surface area contributed by atoms with Crippen LogP contribution < -0.4 is 5.73 Å². The van der Waals surface area contributed by atoms with Crippen LogP contribution in [-0.4, -0.2) is 16.3 Å². The third kappa shape index (κ3) is 3.76. The number of aromatic nitrogens is 2. The molecule has 0 aliphatic heterocycles. The first-order valence-electron chi connectivity index (χ1n) is 7.30. The minimum absolute atomic E-state index is 0.307. The molecule has 1 heterocycles. The Hall–Kier alpha value is -0.650. The highest BCUT2D eigenvalue weighted by atomic mass is 79.9. The molecule has 2 aromatic rings. The van der Waals surface area contributed by atoms with E-state index in [0.29, 0.717) is 12.5 Å². The fraction of sp³-hybridized carbons (Fsp3) is 0.438. The van der Waals surface area contributed by atoms with E-state index in [0.717, 1.165) is 34.0 Å². The molecule has 0 spiro atoms. The van der Waals surface area contributed by atoms with E-state index in [4.69, 9.17) is 5.73 Å². The first-order chi connectivity index (χ1) is 10.1. The van der Waals surface area contributed by atoms with Crippen molar-refractivity contribution in [2.24, 2.45) is 5.73 Å². The van der Waals surface area contributed by atoms with Gasteiger partial charge in [0.25, 0.3) is 0 Å². The lowest BCUT2D eigenvalue weighted by atomic mass is 9.94. The summed E-state index contributed by atoms with van der Waals surface area (Å²) in [7, 11) is 0. The standard InChI is InChI=1S/C16H21Br2N3/c1-3-14-16(18)15(21(4-2)20-14)9-12(10-19)11-5-7-13(17)8-6-11/h5-8,12H,3-4,9-10,19H2,1-2H3. The number of hydrogen-bond acceptors (Lipinski definition) is 2. The summed E-state index contributed by atoms with van der Waals surface area (Å²) in [5.74, 6) is 0.307. The van der Waals surface area contributed by atoms with E-state index in [1.807, 2.05) is 0 Å². The maximum atomic E-state index is 6.01. The highest BCUT2D eigenvalue weighted by Crippen LogP contribution is 2.28. The van der Waals surface area contributed by atoms with Crippen LogP contribution in [0.5, 0.6) is 0 Å². The van der Waals surface area contributed by atoms with Gasteiger partial charge >= 0.3 is 0 Å². The van der Waals surface area contributed by atoms with Crippen molar-refractivity contribution in [3.05, 3.63) is 50.2 Å². The van der Waals surface area contributed by atoms with Crippen LogP contribution in [0.1, 0.15) is 36.7 Å². The van der Waals surface area contributed by atoms with Gasteiger partial charge in [0.15, 0.2) is 0 Å². The third-order valence-corrected chi connectivity index (χ3v) is 5.20. The molecule has 1 atom stereocenters. The fourth-order valence-electron chi connectivity index (χ4n) is 2.52. The van der Waals surface area contributed by atoms with Crippen molar-refractivity contribution in [3.8, 4) is 0 Å². The number of nitrogens with zero attached hydrogens (tertiary/aromatic N) is 2. The highest BCUT2D eigenvalue weighted by molar-refractivity contribution is 9.10. The van der Waals surface area contributed by atoms with Crippen LogP contribution in [0, 0.1) is 0 Å². The first kappa shape index (κ1) is 16.7. The van der Waals surface area contributed by atoms with E-state index < -0.39 is 0 Å². The topological polar surface area (TPSA) is 43.8 Å². The number of hydrogen-bond donors (Lipinski definition) is 1. The molecule has 0 aliphatic carbocycles. The zero-order valence-electron chi connectivity index (χ0n) is 12.4. The van der Waals surface area contributed by atoms with Crippen LogP contribution in [0.4, 0.5) is 0 Å². The maximum absolute atomic E-state index is 6.01. The Morgan fingerprint density at radius 3 is 2.38 bits per heavy atom. The lowest BCUT2D eigenvalue weighted by Crippen LogP contribution is -2.17. The van der Waals surface area contributed by atoms with Crippen LogP contribution in [-0.2, 0) is 19.4 Å². The summed E-state index contributed by atoms with van der Waals surface area (Å²) in [6.07, 6.45) is 1.84. The Morgan fingerprint density at radius 1 is 1.19 bits per heavy atom. The lowest BCUT2D eigenvalue weighted by molar-refractivity contribution is 0.580. The fourth-order valence-corrected chi connectivity index (χ4v) is 3.51. The van der Waals surface area contributed by atoms with E-state index in [9.17, 15) is 0 Å². The number of benzene rings is 1. The van der Waals surface area contributed by atoms with Gasteiger partial charge in [-0.1, -0.05) is 35.0 Å². The molecule has 2 rings (SSSR count). The number of halogens is 2. The number of nitrogens with two attached hydrogens (primary N) is 1. The quantitative estimate of drug-likeness (QED) is 0.766. The molecule has 21 heavy (non-hydrogen) atoms. The molecule has 114 valence electrons. The Bertz CT molecular complexity index is 590. The van der Waals surface area contributed by atoms with Crippen molar-refractivity contribution in [2.75, 3.05) is 6.54 Å². The maximum Gasteiger partial charge on any atom is 0.0766 e. The molecule has 0 saturated heterocycles. The predicted octanol–water partition coefficient (Wildman–Crippen LogP) is 4.28. The summed E-state index contributed by atoms with van der Waals surface area (Å²) in [5.41, 5.74) is 9.65. The average molecular weight is 415 g/mol. The van der Waals surface area contributed by atoms with Gasteiger partial charge in [0, 0.05) is 16.9 Å². The Kier molecular flexibility index (Phi) is 6.02. The van der Waals surface area contributed by atoms with Crippen molar-refractivity contribution in [2.45, 2.75) is 39.2 Å². The minimum atomic E-state index is 0.307. The molecule has 0 fully saturated rings. The van der Waals surface area contributed by atoms with Crippen molar-refractivity contribution in [1.82, 2.24) is 9.78 Å². The zero-order valence-corrected chi connectivity index (χ0v) is 15.6. The molecule has 0 radical (unpaired) electrons. The average Bonchev–Trinajstić information content (AvgIpc) is 2.81. The predicted molar refractivity (Wildman–Crippen MR) is 94.6 cm³/mol. The molecule has 0 saturated carbocycles. The zero-order chi connectivity index (χ0) is 15.4. The summed E-state index contributed by atoms with van der Waals surface area (Å²) < 4.78 is 4.32. The van der Waals surface area contributed by atoms with Gasteiger partial charge in [-0.25, -0.2) is 0 Å². The van der Waals surface area contributed by atoms with Gasteiger partial charge in [-0.2, -0.15) is 5.10 Å². The highest BCUT2D eigenvalue weighted by Gasteiger charge is 2.19. The van der Waals surface area contributed by atoms with Crippen molar-refractivity contribution in [1.29, 1.82) is 0 Å². The van der Waals surface area contributed by atoms with E-state index in [1.54, 1.807) is 0 Å². The molecule has 1 aromatic heterocycles. The largest absolute Gasteiger partial charge is 0.330 e. The van der Waals surface area contributed by atoms with Gasteiger partial charge in [0.2, 0.25) is 0 Å². The van der Waals surface area contributed by atoms with Gasteiger partial charge in [0.05, 0.1) is 15.9 Å². The molecular weight excluding hydrogens is 394 g/mol. The van der Waals surface area contributed by atoms with E-state index in [2.05, 4.69) is 79.8 Å². The Morgan fingerprint density at radius 2 is 1.86 bits per heavy atom. The summed E-state index contributed by atoms with van der Waals surface area (Å²) in [5, 5.41) is 4.66. The summed E-state index contributed by atoms with van der Waals surface area (Å²) in [4.78, 5) is 0. The van der Waals surface area contributed by atoms with Crippen LogP contribution >= 0.6 is 31.9 Å². The molecule has 0 aliphatic rings. The van der Waals surface area contributed by atoms with Gasteiger partial charge in [0.1, 0.15) is 0 Å². The van der Waals surface area contributed by atoms with Crippen LogP contribution in [0.2, 0.25) is 0 Å². The third-order valence-electron chi connectivity index (χ3n) is 3.76. The molecule has 0 amide bonds. The van der Waals surface area contributed by atoms with E-state index >= 15 is 0 Å². The molecule has 5 heteroatoms. The second-order valence-electron chi connectivity index (χ2n) is 5.06. The summed E-state index contributed by atoms with van der Waals surface area (Å²) in [6.45, 7) is 5.77. The van der Waals surface area contributed by atoms with Gasteiger partial charge < -0.3 is 5.73 Å². The second kappa shape index (κ2) is 7.56. The van der Waals surface area contributed by atoms with Gasteiger partial charge in [-0.3, -0.25) is 4.68 Å². The normalized spacial score (nSPS) is 12.6. The van der Waals surface area contributed by atoms with E-state index in [-0.39, 0.29) is 0 Å². The summed E-state index contributed by atoms with van der Waals surface area (Å²) >= 11 is 7.19. The second-order valence-corrected chi connectivity index (χ2v) is 6.77. The summed E-state index contributed by atoms with van der Waals surface area (Å²) in [6, 6.07) is 8.43. The molecule has 0 bridgehead atoms. The van der Waals surface area contributed by atoms with Gasteiger partial charge in [-0.05, 0) is 59.9 Å². The van der Waals surface area contributed by atoms with Crippen molar-refractivity contribution < 1.29 is 0 Å². The van der Waals surface area contributed by atoms with Crippen molar-refractivity contribution in [3.63, 3.8) is 0 Å². The monoisotopic (exact) mass is 413 g/mol. The first-order valence-corrected chi connectivity index (χ1v) is 8.88. The number of rotatable bonds is 6. The Balaban J connectivity index is 2.30. The lowest BCUT2D eigenvalue weighted by Gasteiger charge is -2.16. The smallest absolute Gasteiger partial charge is 0.0766 e.